The molecule has 0 spiro atoms. The Labute approximate surface area is 108 Å². The van der Waals surface area contributed by atoms with Gasteiger partial charge in [0.25, 0.3) is 0 Å². The predicted octanol–water partition coefficient (Wildman–Crippen LogP) is 2.81. The van der Waals surface area contributed by atoms with Crippen molar-refractivity contribution in [3.63, 3.8) is 0 Å². The largest absolute Gasteiger partial charge is 0.496 e. The number of hydrogen-bond donors (Lipinski definition) is 1. The summed E-state index contributed by atoms with van der Waals surface area (Å²) in [6, 6.07) is 6.99. The van der Waals surface area contributed by atoms with E-state index in [-0.39, 0.29) is 0 Å². The summed E-state index contributed by atoms with van der Waals surface area (Å²) in [6.07, 6.45) is 5.93. The van der Waals surface area contributed by atoms with Crippen LogP contribution in [0.2, 0.25) is 0 Å². The standard InChI is InChI=1S/C15H20N2O/c1-17(12-6-7-12)9-8-11-10-16-13-4-3-5-14(18-2)15(11)13/h3-5,10,12,16H,6-9H2,1-2H3. The highest BCUT2D eigenvalue weighted by atomic mass is 16.5. The highest BCUT2D eigenvalue weighted by Gasteiger charge is 2.25. The van der Waals surface area contributed by atoms with Crippen LogP contribution in [-0.2, 0) is 6.42 Å². The minimum absolute atomic E-state index is 0.831. The number of rotatable bonds is 5. The molecule has 0 saturated heterocycles. The summed E-state index contributed by atoms with van der Waals surface area (Å²) in [4.78, 5) is 5.80. The number of ether oxygens (including phenoxy) is 1. The van der Waals surface area contributed by atoms with Crippen molar-refractivity contribution in [2.45, 2.75) is 25.3 Å². The Hall–Kier alpha value is -1.48. The SMILES string of the molecule is COc1cccc2[nH]cc(CCN(C)C3CC3)c12. The number of methoxy groups -OCH3 is 1. The van der Waals surface area contributed by atoms with Gasteiger partial charge in [0.15, 0.2) is 0 Å². The quantitative estimate of drug-likeness (QED) is 0.876. The first-order chi connectivity index (χ1) is 8.79. The summed E-state index contributed by atoms with van der Waals surface area (Å²) in [5.74, 6) is 0.970. The van der Waals surface area contributed by atoms with E-state index in [1.807, 2.05) is 12.1 Å². The Morgan fingerprint density at radius 2 is 2.22 bits per heavy atom. The summed E-state index contributed by atoms with van der Waals surface area (Å²) < 4.78 is 5.46. The van der Waals surface area contributed by atoms with E-state index < -0.39 is 0 Å². The molecule has 0 atom stereocenters. The predicted molar refractivity (Wildman–Crippen MR) is 74.2 cm³/mol. The van der Waals surface area contributed by atoms with Gasteiger partial charge in [-0.05, 0) is 44.0 Å². The van der Waals surface area contributed by atoms with Crippen LogP contribution in [0, 0.1) is 0 Å². The lowest BCUT2D eigenvalue weighted by atomic mass is 10.1. The van der Waals surface area contributed by atoms with Gasteiger partial charge in [-0.2, -0.15) is 0 Å². The molecule has 1 aromatic carbocycles. The van der Waals surface area contributed by atoms with Crippen LogP contribution in [0.4, 0.5) is 0 Å². The monoisotopic (exact) mass is 244 g/mol. The van der Waals surface area contributed by atoms with E-state index in [1.165, 1.54) is 29.3 Å². The summed E-state index contributed by atoms with van der Waals surface area (Å²) in [7, 11) is 3.96. The lowest BCUT2D eigenvalue weighted by Gasteiger charge is -2.15. The first-order valence-electron chi connectivity index (χ1n) is 6.63. The van der Waals surface area contributed by atoms with Crippen molar-refractivity contribution in [2.24, 2.45) is 0 Å². The molecule has 3 nitrogen and oxygen atoms in total. The maximum Gasteiger partial charge on any atom is 0.128 e. The fraction of sp³-hybridized carbons (Fsp3) is 0.467. The van der Waals surface area contributed by atoms with Gasteiger partial charge in [0.1, 0.15) is 5.75 Å². The molecule has 0 unspecified atom stereocenters. The molecule has 1 saturated carbocycles. The third-order valence-electron chi connectivity index (χ3n) is 3.87. The number of aromatic nitrogens is 1. The number of nitrogens with zero attached hydrogens (tertiary/aromatic N) is 1. The van der Waals surface area contributed by atoms with Crippen molar-refractivity contribution in [3.05, 3.63) is 30.0 Å². The lowest BCUT2D eigenvalue weighted by molar-refractivity contribution is 0.329. The van der Waals surface area contributed by atoms with Gasteiger partial charge < -0.3 is 14.6 Å². The minimum Gasteiger partial charge on any atom is -0.496 e. The van der Waals surface area contributed by atoms with E-state index in [4.69, 9.17) is 4.74 Å². The van der Waals surface area contributed by atoms with Crippen molar-refractivity contribution in [1.82, 2.24) is 9.88 Å². The smallest absolute Gasteiger partial charge is 0.128 e. The van der Waals surface area contributed by atoms with Gasteiger partial charge in [-0.15, -0.1) is 0 Å². The number of benzene rings is 1. The average Bonchev–Trinajstić information content (AvgIpc) is 3.16. The topological polar surface area (TPSA) is 28.3 Å². The fourth-order valence-corrected chi connectivity index (χ4v) is 2.58. The van der Waals surface area contributed by atoms with E-state index in [0.717, 1.165) is 24.8 Å². The molecule has 0 aliphatic heterocycles. The maximum atomic E-state index is 5.46. The van der Waals surface area contributed by atoms with Crippen molar-refractivity contribution in [3.8, 4) is 5.75 Å². The minimum atomic E-state index is 0.831. The summed E-state index contributed by atoms with van der Waals surface area (Å²) >= 11 is 0. The van der Waals surface area contributed by atoms with E-state index in [0.29, 0.717) is 0 Å². The van der Waals surface area contributed by atoms with Crippen molar-refractivity contribution < 1.29 is 4.74 Å². The molecule has 1 aliphatic rings. The molecule has 0 radical (unpaired) electrons. The summed E-state index contributed by atoms with van der Waals surface area (Å²) in [5, 5.41) is 1.24. The normalized spacial score (nSPS) is 15.5. The van der Waals surface area contributed by atoms with E-state index in [1.54, 1.807) is 7.11 Å². The Kier molecular flexibility index (Phi) is 3.00. The zero-order chi connectivity index (χ0) is 12.5. The second-order valence-corrected chi connectivity index (χ2v) is 5.16. The van der Waals surface area contributed by atoms with Gasteiger partial charge in [-0.25, -0.2) is 0 Å². The second-order valence-electron chi connectivity index (χ2n) is 5.16. The highest BCUT2D eigenvalue weighted by molar-refractivity contribution is 5.89. The van der Waals surface area contributed by atoms with Gasteiger partial charge >= 0.3 is 0 Å². The van der Waals surface area contributed by atoms with Gasteiger partial charge in [0.2, 0.25) is 0 Å². The molecule has 18 heavy (non-hydrogen) atoms. The average molecular weight is 244 g/mol. The number of likely N-dealkylation sites (N-methyl/N-ethyl adjacent to an activating group) is 1. The number of hydrogen-bond acceptors (Lipinski definition) is 2. The molecule has 1 heterocycles. The van der Waals surface area contributed by atoms with Crippen LogP contribution in [-0.4, -0.2) is 36.6 Å². The molecule has 2 aromatic rings. The second kappa shape index (κ2) is 4.65. The van der Waals surface area contributed by atoms with Crippen LogP contribution < -0.4 is 4.74 Å². The molecule has 96 valence electrons. The summed E-state index contributed by atoms with van der Waals surface area (Å²) in [6.45, 7) is 1.12. The highest BCUT2D eigenvalue weighted by Crippen LogP contribution is 2.30. The molecule has 1 N–H and O–H groups in total. The van der Waals surface area contributed by atoms with Crippen molar-refractivity contribution >= 4 is 10.9 Å². The van der Waals surface area contributed by atoms with Crippen molar-refractivity contribution in [2.75, 3.05) is 20.7 Å². The van der Waals surface area contributed by atoms with Gasteiger partial charge in [0, 0.05) is 29.7 Å². The van der Waals surface area contributed by atoms with Gasteiger partial charge in [-0.1, -0.05) is 6.07 Å². The molecular weight excluding hydrogens is 224 g/mol. The zero-order valence-electron chi connectivity index (χ0n) is 11.1. The first kappa shape index (κ1) is 11.6. The lowest BCUT2D eigenvalue weighted by Crippen LogP contribution is -2.23. The van der Waals surface area contributed by atoms with E-state index >= 15 is 0 Å². The molecule has 1 aliphatic carbocycles. The molecule has 1 aromatic heterocycles. The van der Waals surface area contributed by atoms with Crippen molar-refractivity contribution in [1.29, 1.82) is 0 Å². The molecule has 3 rings (SSSR count). The number of nitrogens with one attached hydrogen (secondary N) is 1. The Morgan fingerprint density at radius 1 is 1.39 bits per heavy atom. The molecule has 0 bridgehead atoms. The Morgan fingerprint density at radius 3 is 2.94 bits per heavy atom. The van der Waals surface area contributed by atoms with Gasteiger partial charge in [0.05, 0.1) is 7.11 Å². The van der Waals surface area contributed by atoms with Crippen LogP contribution in [0.5, 0.6) is 5.75 Å². The zero-order valence-corrected chi connectivity index (χ0v) is 11.1. The molecule has 3 heteroatoms. The fourth-order valence-electron chi connectivity index (χ4n) is 2.58. The number of fused-ring (bicyclic) bond motifs is 1. The van der Waals surface area contributed by atoms with Crippen LogP contribution in [0.25, 0.3) is 10.9 Å². The van der Waals surface area contributed by atoms with E-state index in [2.05, 4.69) is 29.2 Å². The summed E-state index contributed by atoms with van der Waals surface area (Å²) in [5.41, 5.74) is 2.52. The van der Waals surface area contributed by atoms with E-state index in [9.17, 15) is 0 Å². The number of aromatic amines is 1. The van der Waals surface area contributed by atoms with Crippen LogP contribution in [0.15, 0.2) is 24.4 Å². The molecule has 1 fully saturated rings. The maximum absolute atomic E-state index is 5.46. The molecular formula is C15H20N2O. The Bertz CT molecular complexity index is 542. The Balaban J connectivity index is 1.82. The first-order valence-corrected chi connectivity index (χ1v) is 6.63. The van der Waals surface area contributed by atoms with Gasteiger partial charge in [-0.3, -0.25) is 0 Å². The number of H-pyrrole nitrogens is 1. The van der Waals surface area contributed by atoms with Crippen LogP contribution in [0.1, 0.15) is 18.4 Å². The third kappa shape index (κ3) is 2.10. The van der Waals surface area contributed by atoms with Crippen LogP contribution in [0.3, 0.4) is 0 Å². The van der Waals surface area contributed by atoms with Crippen LogP contribution >= 0.6 is 0 Å². The third-order valence-corrected chi connectivity index (χ3v) is 3.87. The molecule has 0 amide bonds.